The Morgan fingerprint density at radius 1 is 1.71 bits per heavy atom. The normalized spacial score (nSPS) is 31.6. The number of rotatable bonds is 3. The predicted molar refractivity (Wildman–Crippen MR) is 54.8 cm³/mol. The Bertz CT molecular complexity index is 646. The van der Waals surface area contributed by atoms with E-state index < -0.39 is 44.2 Å². The van der Waals surface area contributed by atoms with Crippen molar-refractivity contribution in [2.24, 2.45) is 0 Å². The van der Waals surface area contributed by atoms with Crippen LogP contribution in [0.15, 0.2) is 18.1 Å². The van der Waals surface area contributed by atoms with E-state index in [1.807, 2.05) is 0 Å². The summed E-state index contributed by atoms with van der Waals surface area (Å²) in [6.07, 6.45) is -0.552. The molecule has 1 aliphatic rings. The fourth-order valence-corrected chi connectivity index (χ4v) is 1.02. The molecule has 0 saturated carbocycles. The lowest BCUT2D eigenvalue weighted by Crippen LogP contribution is -2.23. The summed E-state index contributed by atoms with van der Waals surface area (Å²) in [5, 5.41) is 2.35. The summed E-state index contributed by atoms with van der Waals surface area (Å²) < 4.78 is 78.6. The molecule has 1 N–H and O–H groups in total. The molecule has 1 atom stereocenters. The van der Waals surface area contributed by atoms with Gasteiger partial charge in [0.15, 0.2) is 11.5 Å². The second-order valence-corrected chi connectivity index (χ2v) is 2.70. The van der Waals surface area contributed by atoms with Gasteiger partial charge in [-0.25, -0.2) is 0 Å². The van der Waals surface area contributed by atoms with E-state index >= 15 is 0 Å². The minimum Gasteiger partial charge on any atom is -0.454 e. The molecule has 1 heterocycles. The second kappa shape index (κ2) is 3.88. The van der Waals surface area contributed by atoms with Gasteiger partial charge in [-0.3, -0.25) is 0 Å². The Balaban J connectivity index is 2.57. The molecule has 0 amide bonds. The van der Waals surface area contributed by atoms with E-state index in [0.29, 0.717) is 0 Å². The maximum Gasteiger partial charge on any atom is 0.231 e. The Morgan fingerprint density at radius 3 is 3.36 bits per heavy atom. The summed E-state index contributed by atoms with van der Waals surface area (Å²) in [5.74, 6) is -0.738. The van der Waals surface area contributed by atoms with Gasteiger partial charge in [0, 0.05) is 11.5 Å². The highest BCUT2D eigenvalue weighted by molar-refractivity contribution is 5.44. The second-order valence-electron chi connectivity index (χ2n) is 2.70. The van der Waals surface area contributed by atoms with Crippen molar-refractivity contribution < 1.29 is 21.8 Å². The van der Waals surface area contributed by atoms with E-state index in [1.54, 1.807) is 0 Å². The summed E-state index contributed by atoms with van der Waals surface area (Å²) in [4.78, 5) is 0. The molecule has 14 heavy (non-hydrogen) atoms. The first-order valence-electron chi connectivity index (χ1n) is 8.52. The zero-order valence-corrected chi connectivity index (χ0v) is 7.52. The molecular formula is C11H15NO2. The molecule has 0 radical (unpaired) electrons. The third-order valence-electron chi connectivity index (χ3n) is 1.74. The minimum absolute atomic E-state index is 0.199. The van der Waals surface area contributed by atoms with Gasteiger partial charge < -0.3 is 14.8 Å². The molecule has 0 bridgehead atoms. The van der Waals surface area contributed by atoms with Gasteiger partial charge in [0.2, 0.25) is 6.75 Å². The van der Waals surface area contributed by atoms with Crippen molar-refractivity contribution in [3.05, 3.63) is 23.7 Å². The summed E-state index contributed by atoms with van der Waals surface area (Å²) in [5.41, 5.74) is -0.199. The molecule has 0 saturated heterocycles. The van der Waals surface area contributed by atoms with Crippen molar-refractivity contribution >= 4 is 0 Å². The Hall–Kier alpha value is -1.22. The van der Waals surface area contributed by atoms with Crippen molar-refractivity contribution in [1.29, 1.82) is 0 Å². The molecule has 76 valence electrons. The van der Waals surface area contributed by atoms with Crippen LogP contribution in [0.4, 0.5) is 0 Å². The lowest BCUT2D eigenvalue weighted by atomic mass is 10.1. The van der Waals surface area contributed by atoms with Crippen molar-refractivity contribution in [2.45, 2.75) is 19.3 Å². The van der Waals surface area contributed by atoms with Crippen molar-refractivity contribution in [3.63, 3.8) is 0 Å². The number of likely N-dealkylation sites (N-methyl/N-ethyl adjacent to an activating group) is 1. The average molecular weight is 202 g/mol. The van der Waals surface area contributed by atoms with Gasteiger partial charge >= 0.3 is 0 Å². The first kappa shape index (κ1) is 3.42. The van der Waals surface area contributed by atoms with Crippen LogP contribution in [0.2, 0.25) is 0 Å². The molecule has 0 fully saturated rings. The minimum atomic E-state index is -2.74. The topological polar surface area (TPSA) is 30.5 Å². The van der Waals surface area contributed by atoms with E-state index in [9.17, 15) is 0 Å². The molecule has 2 rings (SSSR count). The number of fused-ring (bicyclic) bond motifs is 1. The zero-order chi connectivity index (χ0) is 17.8. The third-order valence-corrected chi connectivity index (χ3v) is 1.74. The van der Waals surface area contributed by atoms with Crippen molar-refractivity contribution in [3.8, 4) is 11.5 Å². The third kappa shape index (κ3) is 1.82. The van der Waals surface area contributed by atoms with E-state index in [1.165, 1.54) is 7.05 Å². The monoisotopic (exact) mass is 202 g/mol. The highest BCUT2D eigenvalue weighted by atomic mass is 16.7. The highest BCUT2D eigenvalue weighted by Crippen LogP contribution is 2.32. The molecule has 0 aliphatic carbocycles. The van der Waals surface area contributed by atoms with Gasteiger partial charge in [0.05, 0.1) is 4.11 Å². The van der Waals surface area contributed by atoms with Gasteiger partial charge in [0.1, 0.15) is 2.74 Å². The molecule has 1 aromatic rings. The summed E-state index contributed by atoms with van der Waals surface area (Å²) in [7, 11) is 1.28. The lowest BCUT2D eigenvalue weighted by molar-refractivity contribution is 0.174. The molecule has 1 aliphatic heterocycles. The van der Waals surface area contributed by atoms with Crippen molar-refractivity contribution in [2.75, 3.05) is 13.8 Å². The molecule has 0 spiro atoms. The summed E-state index contributed by atoms with van der Waals surface area (Å²) >= 11 is 0. The Morgan fingerprint density at radius 2 is 2.57 bits per heavy atom. The fraction of sp³-hybridized carbons (Fsp3) is 0.455. The van der Waals surface area contributed by atoms with Gasteiger partial charge in [-0.15, -0.1) is 0 Å². The van der Waals surface area contributed by atoms with E-state index in [4.69, 9.17) is 21.8 Å². The SMILES string of the molecule is [2H]c1c([2H])c2c(c([2H])c1CC([2H])(NC)C([2H])([2H])[2H])OC([2H])([2H])O2. The first-order chi connectivity index (χ1) is 10.3. The number of ether oxygens (including phenoxy) is 2. The average Bonchev–Trinajstić information content (AvgIpc) is 2.76. The van der Waals surface area contributed by atoms with Crippen LogP contribution in [0.25, 0.3) is 0 Å². The maximum absolute atomic E-state index is 8.05. The number of hydrogen-bond donors (Lipinski definition) is 1. The fourth-order valence-electron chi connectivity index (χ4n) is 1.02. The summed E-state index contributed by atoms with van der Waals surface area (Å²) in [6, 6.07) is -3.64. The summed E-state index contributed by atoms with van der Waals surface area (Å²) in [6.45, 7) is -5.31. The van der Waals surface area contributed by atoms with Crippen LogP contribution in [0, 0.1) is 0 Å². The van der Waals surface area contributed by atoms with Crippen LogP contribution in [0.1, 0.15) is 24.8 Å². The highest BCUT2D eigenvalue weighted by Gasteiger charge is 2.13. The van der Waals surface area contributed by atoms with Crippen LogP contribution in [-0.4, -0.2) is 19.8 Å². The molecular weight excluding hydrogens is 178 g/mol. The van der Waals surface area contributed by atoms with Crippen LogP contribution in [0.5, 0.6) is 11.5 Å². The molecule has 1 unspecified atom stereocenters. The largest absolute Gasteiger partial charge is 0.454 e. The maximum atomic E-state index is 8.05. The molecule has 0 aromatic heterocycles. The number of hydrogen-bond acceptors (Lipinski definition) is 3. The predicted octanol–water partition coefficient (Wildman–Crippen LogP) is 1.57. The molecule has 3 nitrogen and oxygen atoms in total. The molecule has 1 aromatic carbocycles. The van der Waals surface area contributed by atoms with Crippen LogP contribution < -0.4 is 14.8 Å². The van der Waals surface area contributed by atoms with Gasteiger partial charge in [0.25, 0.3) is 0 Å². The van der Waals surface area contributed by atoms with E-state index in [0.717, 1.165) is 0 Å². The van der Waals surface area contributed by atoms with Gasteiger partial charge in [-0.1, -0.05) is 6.04 Å². The van der Waals surface area contributed by atoms with Crippen LogP contribution >= 0.6 is 0 Å². The lowest BCUT2D eigenvalue weighted by Gasteiger charge is -2.09. The van der Waals surface area contributed by atoms with E-state index in [-0.39, 0.29) is 17.1 Å². The Kier molecular flexibility index (Phi) is 0.947. The van der Waals surface area contributed by atoms with Gasteiger partial charge in [-0.05, 0) is 38.0 Å². The molecule has 3 heteroatoms. The number of benzene rings is 1. The smallest absolute Gasteiger partial charge is 0.231 e. The standard InChI is InChI=1S/C11H15NO2/c1-8(12-2)5-9-3-4-10-11(6-9)14-7-13-10/h3-4,6,8,12H,5,7H2,1-2H3/i1D3,3D,4D,6D,7D2,8D. The van der Waals surface area contributed by atoms with Crippen LogP contribution in [-0.2, 0) is 6.42 Å². The first-order valence-corrected chi connectivity index (χ1v) is 4.02. The van der Waals surface area contributed by atoms with Crippen molar-refractivity contribution in [1.82, 2.24) is 5.32 Å². The number of nitrogens with one attached hydrogen (secondary N) is 1. The zero-order valence-electron chi connectivity index (χ0n) is 16.5. The quantitative estimate of drug-likeness (QED) is 0.807. The Labute approximate surface area is 96.7 Å². The van der Waals surface area contributed by atoms with Gasteiger partial charge in [-0.2, -0.15) is 0 Å². The van der Waals surface area contributed by atoms with Crippen LogP contribution in [0.3, 0.4) is 0 Å². The van der Waals surface area contributed by atoms with E-state index in [2.05, 4.69) is 5.32 Å².